The molecule has 0 saturated carbocycles. The fourth-order valence-corrected chi connectivity index (χ4v) is 3.67. The summed E-state index contributed by atoms with van der Waals surface area (Å²) in [6.07, 6.45) is 0. The standard InChI is InChI=1S/C17H17Cl4NO4/c1-6(2)13(16(25)26-17(3,4)5)22-14(23)7-8(15(22)24)10(19)12(21)11(20)9(7)18/h6,13H,1-5H3. The van der Waals surface area contributed by atoms with Crippen LogP contribution in [0.2, 0.25) is 20.1 Å². The Hall–Kier alpha value is -1.01. The molecule has 0 bridgehead atoms. The fraction of sp³-hybridized carbons (Fsp3) is 0.471. The molecule has 1 heterocycles. The number of carbonyl (C=O) groups is 3. The Labute approximate surface area is 171 Å². The lowest BCUT2D eigenvalue weighted by molar-refractivity contribution is -0.161. The zero-order chi connectivity index (χ0) is 20.1. The van der Waals surface area contributed by atoms with Crippen LogP contribution < -0.4 is 0 Å². The summed E-state index contributed by atoms with van der Waals surface area (Å²) in [4.78, 5) is 39.3. The van der Waals surface area contributed by atoms with E-state index in [0.717, 1.165) is 4.90 Å². The normalized spacial score (nSPS) is 15.5. The van der Waals surface area contributed by atoms with E-state index in [1.807, 2.05) is 0 Å². The predicted molar refractivity (Wildman–Crippen MR) is 101 cm³/mol. The summed E-state index contributed by atoms with van der Waals surface area (Å²) in [5.74, 6) is -2.64. The summed E-state index contributed by atoms with van der Waals surface area (Å²) < 4.78 is 5.37. The number of carbonyl (C=O) groups excluding carboxylic acids is 3. The second-order valence-electron chi connectivity index (χ2n) is 7.21. The van der Waals surface area contributed by atoms with Gasteiger partial charge in [-0.3, -0.25) is 14.5 Å². The molecule has 0 fully saturated rings. The van der Waals surface area contributed by atoms with Crippen LogP contribution in [0.25, 0.3) is 0 Å². The molecule has 2 amide bonds. The smallest absolute Gasteiger partial charge is 0.330 e. The Morgan fingerprint density at radius 1 is 0.885 bits per heavy atom. The summed E-state index contributed by atoms with van der Waals surface area (Å²) in [7, 11) is 0. The summed E-state index contributed by atoms with van der Waals surface area (Å²) >= 11 is 24.2. The Balaban J connectivity index is 2.59. The topological polar surface area (TPSA) is 63.7 Å². The number of amides is 2. The van der Waals surface area contributed by atoms with Crippen molar-refractivity contribution in [3.05, 3.63) is 31.2 Å². The molecule has 1 atom stereocenters. The van der Waals surface area contributed by atoms with Gasteiger partial charge < -0.3 is 4.74 Å². The van der Waals surface area contributed by atoms with Crippen molar-refractivity contribution in [2.75, 3.05) is 0 Å². The first-order valence-electron chi connectivity index (χ1n) is 7.76. The van der Waals surface area contributed by atoms with Gasteiger partial charge in [0.25, 0.3) is 11.8 Å². The number of imide groups is 1. The van der Waals surface area contributed by atoms with Gasteiger partial charge in [-0.1, -0.05) is 60.3 Å². The van der Waals surface area contributed by atoms with Gasteiger partial charge in [0.15, 0.2) is 0 Å². The Bertz CT molecular complexity index is 767. The molecular weight excluding hydrogens is 424 g/mol. The minimum absolute atomic E-state index is 0.126. The van der Waals surface area contributed by atoms with Crippen LogP contribution in [-0.2, 0) is 9.53 Å². The second-order valence-corrected chi connectivity index (χ2v) is 8.72. The molecule has 142 valence electrons. The molecule has 0 saturated heterocycles. The number of ether oxygens (including phenoxy) is 1. The highest BCUT2D eigenvalue weighted by Gasteiger charge is 2.48. The summed E-state index contributed by atoms with van der Waals surface area (Å²) in [6.45, 7) is 8.47. The van der Waals surface area contributed by atoms with Crippen LogP contribution in [0.15, 0.2) is 0 Å². The van der Waals surface area contributed by atoms with E-state index in [2.05, 4.69) is 0 Å². The maximum absolute atomic E-state index is 12.9. The third-order valence-corrected chi connectivity index (χ3v) is 5.49. The molecule has 1 aliphatic rings. The van der Waals surface area contributed by atoms with Crippen molar-refractivity contribution in [3.63, 3.8) is 0 Å². The summed E-state index contributed by atoms with van der Waals surface area (Å²) in [5.41, 5.74) is -1.11. The first-order chi connectivity index (χ1) is 11.8. The minimum Gasteiger partial charge on any atom is -0.458 e. The minimum atomic E-state index is -1.15. The molecule has 9 heteroatoms. The lowest BCUT2D eigenvalue weighted by atomic mass is 10.0. The van der Waals surface area contributed by atoms with Crippen molar-refractivity contribution in [1.82, 2.24) is 4.90 Å². The number of hydrogen-bond donors (Lipinski definition) is 0. The summed E-state index contributed by atoms with van der Waals surface area (Å²) in [6, 6.07) is -1.15. The van der Waals surface area contributed by atoms with E-state index in [1.54, 1.807) is 34.6 Å². The van der Waals surface area contributed by atoms with Crippen LogP contribution in [0.4, 0.5) is 0 Å². The zero-order valence-corrected chi connectivity index (χ0v) is 17.8. The fourth-order valence-electron chi connectivity index (χ4n) is 2.66. The van der Waals surface area contributed by atoms with Crippen molar-refractivity contribution >= 4 is 64.2 Å². The van der Waals surface area contributed by atoms with E-state index in [0.29, 0.717) is 0 Å². The van der Waals surface area contributed by atoms with E-state index in [4.69, 9.17) is 51.1 Å². The molecule has 1 unspecified atom stereocenters. The van der Waals surface area contributed by atoms with Gasteiger partial charge in [0.1, 0.15) is 11.6 Å². The Kier molecular flexibility index (Phi) is 5.89. The molecule has 5 nitrogen and oxygen atoms in total. The predicted octanol–water partition coefficient (Wildman–Crippen LogP) is 5.26. The Morgan fingerprint density at radius 3 is 1.58 bits per heavy atom. The van der Waals surface area contributed by atoms with Crippen LogP contribution in [0.3, 0.4) is 0 Å². The average molecular weight is 441 g/mol. The third-order valence-electron chi connectivity index (χ3n) is 3.69. The van der Waals surface area contributed by atoms with Crippen molar-refractivity contribution < 1.29 is 19.1 Å². The van der Waals surface area contributed by atoms with Crippen LogP contribution >= 0.6 is 46.4 Å². The number of benzene rings is 1. The van der Waals surface area contributed by atoms with Crippen LogP contribution in [0, 0.1) is 5.92 Å². The lowest BCUT2D eigenvalue weighted by Crippen LogP contribution is -2.50. The largest absolute Gasteiger partial charge is 0.458 e. The molecule has 26 heavy (non-hydrogen) atoms. The van der Waals surface area contributed by atoms with Crippen molar-refractivity contribution in [2.45, 2.75) is 46.3 Å². The highest BCUT2D eigenvalue weighted by molar-refractivity contribution is 6.55. The van der Waals surface area contributed by atoms with Crippen molar-refractivity contribution in [2.24, 2.45) is 5.92 Å². The monoisotopic (exact) mass is 439 g/mol. The Morgan fingerprint density at radius 2 is 1.27 bits per heavy atom. The molecule has 0 spiro atoms. The van der Waals surface area contributed by atoms with E-state index in [-0.39, 0.29) is 31.2 Å². The van der Waals surface area contributed by atoms with E-state index in [1.165, 1.54) is 0 Å². The van der Waals surface area contributed by atoms with Gasteiger partial charge in [0, 0.05) is 0 Å². The molecule has 0 radical (unpaired) electrons. The molecule has 1 aromatic carbocycles. The van der Waals surface area contributed by atoms with E-state index < -0.39 is 35.3 Å². The number of hydrogen-bond acceptors (Lipinski definition) is 4. The van der Waals surface area contributed by atoms with Gasteiger partial charge in [-0.15, -0.1) is 0 Å². The zero-order valence-electron chi connectivity index (χ0n) is 14.7. The molecule has 0 aliphatic carbocycles. The number of esters is 1. The van der Waals surface area contributed by atoms with Gasteiger partial charge >= 0.3 is 5.97 Å². The molecule has 1 aliphatic heterocycles. The highest BCUT2D eigenvalue weighted by atomic mass is 35.5. The van der Waals surface area contributed by atoms with E-state index in [9.17, 15) is 14.4 Å². The van der Waals surface area contributed by atoms with Crippen LogP contribution in [-0.4, -0.2) is 34.3 Å². The van der Waals surface area contributed by atoms with Crippen LogP contribution in [0.1, 0.15) is 55.3 Å². The number of fused-ring (bicyclic) bond motifs is 1. The highest BCUT2D eigenvalue weighted by Crippen LogP contribution is 2.45. The molecule has 0 N–H and O–H groups in total. The number of rotatable bonds is 3. The SMILES string of the molecule is CC(C)C(C(=O)OC(C)(C)C)N1C(=O)c2c(Cl)c(Cl)c(Cl)c(Cl)c2C1=O. The third kappa shape index (κ3) is 3.55. The summed E-state index contributed by atoms with van der Waals surface area (Å²) in [5, 5.41) is -0.607. The van der Waals surface area contributed by atoms with Gasteiger partial charge in [0.2, 0.25) is 0 Å². The van der Waals surface area contributed by atoms with Gasteiger partial charge in [0.05, 0.1) is 31.2 Å². The number of nitrogens with zero attached hydrogens (tertiary/aromatic N) is 1. The van der Waals surface area contributed by atoms with Gasteiger partial charge in [-0.25, -0.2) is 4.79 Å². The van der Waals surface area contributed by atoms with Gasteiger partial charge in [-0.2, -0.15) is 0 Å². The quantitative estimate of drug-likeness (QED) is 0.278. The van der Waals surface area contributed by atoms with E-state index >= 15 is 0 Å². The van der Waals surface area contributed by atoms with Gasteiger partial charge in [-0.05, 0) is 26.7 Å². The average Bonchev–Trinajstić information content (AvgIpc) is 2.74. The molecule has 0 aromatic heterocycles. The maximum Gasteiger partial charge on any atom is 0.330 e. The van der Waals surface area contributed by atoms with Crippen LogP contribution in [0.5, 0.6) is 0 Å². The van der Waals surface area contributed by atoms with Crippen molar-refractivity contribution in [1.29, 1.82) is 0 Å². The second kappa shape index (κ2) is 7.19. The molecule has 2 rings (SSSR count). The first-order valence-corrected chi connectivity index (χ1v) is 9.27. The molecule has 1 aromatic rings. The molecular formula is C17H17Cl4NO4. The lowest BCUT2D eigenvalue weighted by Gasteiger charge is -2.30. The van der Waals surface area contributed by atoms with Crippen molar-refractivity contribution in [3.8, 4) is 0 Å². The number of halogens is 4. The maximum atomic E-state index is 12.9. The first kappa shape index (κ1) is 21.3.